The van der Waals surface area contributed by atoms with E-state index < -0.39 is 0 Å². The van der Waals surface area contributed by atoms with E-state index in [0.29, 0.717) is 12.1 Å². The predicted octanol–water partition coefficient (Wildman–Crippen LogP) is 7.17. The molecule has 0 N–H and O–H groups in total. The van der Waals surface area contributed by atoms with Crippen molar-refractivity contribution in [2.24, 2.45) is 5.92 Å². The number of unbranched alkanes of at least 4 members (excludes halogenated alkanes) is 11. The summed E-state index contributed by atoms with van der Waals surface area (Å²) in [6, 6.07) is 0. The summed E-state index contributed by atoms with van der Waals surface area (Å²) in [5, 5.41) is 0. The standard InChI is InChI=1S/C23H46N2/c1-5-7-9-11-12-13-15-17-19-25-21-20-24(23(25)22(3)4)18-16-14-10-8-6-2/h20-23H,5-19H2,1-4H3. The van der Waals surface area contributed by atoms with Crippen LogP contribution in [0, 0.1) is 5.92 Å². The zero-order chi connectivity index (χ0) is 18.3. The van der Waals surface area contributed by atoms with Gasteiger partial charge in [-0.2, -0.15) is 0 Å². The van der Waals surface area contributed by atoms with Gasteiger partial charge < -0.3 is 9.80 Å². The summed E-state index contributed by atoms with van der Waals surface area (Å²) in [6.07, 6.45) is 23.5. The van der Waals surface area contributed by atoms with E-state index in [1.807, 2.05) is 0 Å². The van der Waals surface area contributed by atoms with Crippen molar-refractivity contribution in [1.29, 1.82) is 0 Å². The lowest BCUT2D eigenvalue weighted by molar-refractivity contribution is 0.104. The lowest BCUT2D eigenvalue weighted by Gasteiger charge is -2.36. The second kappa shape index (κ2) is 14.5. The molecule has 0 bridgehead atoms. The first-order valence-electron chi connectivity index (χ1n) is 11.4. The van der Waals surface area contributed by atoms with E-state index in [9.17, 15) is 0 Å². The maximum absolute atomic E-state index is 2.60. The summed E-state index contributed by atoms with van der Waals surface area (Å²) in [5.74, 6) is 0.694. The molecule has 0 fully saturated rings. The molecule has 2 heteroatoms. The largest absolute Gasteiger partial charge is 0.356 e. The summed E-state index contributed by atoms with van der Waals surface area (Å²) in [4.78, 5) is 5.20. The Morgan fingerprint density at radius 3 is 1.32 bits per heavy atom. The third kappa shape index (κ3) is 9.56. The van der Waals surface area contributed by atoms with Gasteiger partial charge >= 0.3 is 0 Å². The van der Waals surface area contributed by atoms with E-state index in [4.69, 9.17) is 0 Å². The molecule has 0 aromatic rings. The summed E-state index contributed by atoms with van der Waals surface area (Å²) < 4.78 is 0. The van der Waals surface area contributed by atoms with Crippen LogP contribution in [0.3, 0.4) is 0 Å². The Bertz CT molecular complexity index is 324. The maximum atomic E-state index is 2.60. The minimum Gasteiger partial charge on any atom is -0.356 e. The highest BCUT2D eigenvalue weighted by Gasteiger charge is 2.28. The fourth-order valence-corrected chi connectivity index (χ4v) is 4.04. The van der Waals surface area contributed by atoms with Gasteiger partial charge in [-0.3, -0.25) is 0 Å². The summed E-state index contributed by atoms with van der Waals surface area (Å²) in [5.41, 5.74) is 0. The van der Waals surface area contributed by atoms with Gasteiger partial charge in [-0.1, -0.05) is 98.3 Å². The normalized spacial score (nSPS) is 17.2. The Morgan fingerprint density at radius 1 is 0.600 bits per heavy atom. The quantitative estimate of drug-likeness (QED) is 0.272. The molecule has 1 aliphatic heterocycles. The predicted molar refractivity (Wildman–Crippen MR) is 113 cm³/mol. The monoisotopic (exact) mass is 350 g/mol. The van der Waals surface area contributed by atoms with Gasteiger partial charge in [0.1, 0.15) is 6.17 Å². The highest BCUT2D eigenvalue weighted by atomic mass is 15.4. The van der Waals surface area contributed by atoms with Crippen molar-refractivity contribution in [3.8, 4) is 0 Å². The molecule has 0 radical (unpaired) electrons. The zero-order valence-electron chi connectivity index (χ0n) is 17.8. The lowest BCUT2D eigenvalue weighted by atomic mass is 10.1. The van der Waals surface area contributed by atoms with Crippen molar-refractivity contribution in [3.05, 3.63) is 12.4 Å². The van der Waals surface area contributed by atoms with Gasteiger partial charge in [0.25, 0.3) is 0 Å². The van der Waals surface area contributed by atoms with E-state index in [1.165, 1.54) is 96.6 Å². The molecule has 0 aromatic carbocycles. The van der Waals surface area contributed by atoms with E-state index >= 15 is 0 Å². The number of rotatable bonds is 16. The minimum atomic E-state index is 0.593. The van der Waals surface area contributed by atoms with E-state index in [2.05, 4.69) is 49.9 Å². The number of hydrogen-bond acceptors (Lipinski definition) is 2. The third-order valence-electron chi connectivity index (χ3n) is 5.52. The van der Waals surface area contributed by atoms with Crippen LogP contribution in [0.2, 0.25) is 0 Å². The van der Waals surface area contributed by atoms with Gasteiger partial charge in [-0.25, -0.2) is 0 Å². The van der Waals surface area contributed by atoms with E-state index in [-0.39, 0.29) is 0 Å². The van der Waals surface area contributed by atoms with E-state index in [1.54, 1.807) is 0 Å². The Balaban J connectivity index is 2.18. The number of hydrogen-bond donors (Lipinski definition) is 0. The molecule has 2 nitrogen and oxygen atoms in total. The first kappa shape index (κ1) is 22.4. The fraction of sp³-hybridized carbons (Fsp3) is 0.913. The lowest BCUT2D eigenvalue weighted by Crippen LogP contribution is -2.43. The Labute approximate surface area is 159 Å². The zero-order valence-corrected chi connectivity index (χ0v) is 17.8. The van der Waals surface area contributed by atoms with Crippen LogP contribution in [0.25, 0.3) is 0 Å². The molecular weight excluding hydrogens is 304 g/mol. The van der Waals surface area contributed by atoms with Gasteiger partial charge in [-0.05, 0) is 18.8 Å². The molecule has 1 unspecified atom stereocenters. The van der Waals surface area contributed by atoms with Crippen LogP contribution >= 0.6 is 0 Å². The van der Waals surface area contributed by atoms with Crippen molar-refractivity contribution >= 4 is 0 Å². The van der Waals surface area contributed by atoms with Crippen molar-refractivity contribution < 1.29 is 0 Å². The fourth-order valence-electron chi connectivity index (χ4n) is 4.04. The molecule has 0 aromatic heterocycles. The van der Waals surface area contributed by atoms with Crippen LogP contribution in [0.4, 0.5) is 0 Å². The molecule has 0 saturated carbocycles. The molecule has 1 heterocycles. The highest BCUT2D eigenvalue weighted by molar-refractivity contribution is 4.98. The molecule has 0 spiro atoms. The van der Waals surface area contributed by atoms with Crippen LogP contribution in [0.1, 0.15) is 111 Å². The average molecular weight is 351 g/mol. The maximum Gasteiger partial charge on any atom is 0.103 e. The molecule has 1 rings (SSSR count). The molecule has 0 amide bonds. The smallest absolute Gasteiger partial charge is 0.103 e. The van der Waals surface area contributed by atoms with Crippen molar-refractivity contribution in [1.82, 2.24) is 9.80 Å². The minimum absolute atomic E-state index is 0.593. The first-order chi connectivity index (χ1) is 12.2. The second-order valence-corrected chi connectivity index (χ2v) is 8.32. The molecular formula is C23H46N2. The summed E-state index contributed by atoms with van der Waals surface area (Å²) in [7, 11) is 0. The third-order valence-corrected chi connectivity index (χ3v) is 5.52. The highest BCUT2D eigenvalue weighted by Crippen LogP contribution is 2.24. The molecule has 148 valence electrons. The van der Waals surface area contributed by atoms with Gasteiger partial charge in [0.2, 0.25) is 0 Å². The first-order valence-corrected chi connectivity index (χ1v) is 11.4. The Morgan fingerprint density at radius 2 is 0.960 bits per heavy atom. The summed E-state index contributed by atoms with van der Waals surface area (Å²) >= 11 is 0. The molecule has 25 heavy (non-hydrogen) atoms. The van der Waals surface area contributed by atoms with Gasteiger partial charge in [-0.15, -0.1) is 0 Å². The van der Waals surface area contributed by atoms with Gasteiger partial charge in [0.15, 0.2) is 0 Å². The average Bonchev–Trinajstić information content (AvgIpc) is 3.00. The van der Waals surface area contributed by atoms with Crippen LogP contribution < -0.4 is 0 Å². The van der Waals surface area contributed by atoms with Gasteiger partial charge in [0.05, 0.1) is 0 Å². The topological polar surface area (TPSA) is 6.48 Å². The number of nitrogens with zero attached hydrogens (tertiary/aromatic N) is 2. The van der Waals surface area contributed by atoms with Crippen molar-refractivity contribution in [2.75, 3.05) is 13.1 Å². The molecule has 1 aliphatic rings. The van der Waals surface area contributed by atoms with Crippen molar-refractivity contribution in [3.63, 3.8) is 0 Å². The van der Waals surface area contributed by atoms with Crippen molar-refractivity contribution in [2.45, 2.75) is 117 Å². The Kier molecular flexibility index (Phi) is 13.0. The molecule has 0 aliphatic carbocycles. The van der Waals surface area contributed by atoms with Crippen LogP contribution in [-0.2, 0) is 0 Å². The molecule has 0 saturated heterocycles. The van der Waals surface area contributed by atoms with Crippen LogP contribution in [-0.4, -0.2) is 29.1 Å². The van der Waals surface area contributed by atoms with Gasteiger partial charge in [0, 0.05) is 25.5 Å². The molecule has 1 atom stereocenters. The van der Waals surface area contributed by atoms with E-state index in [0.717, 1.165) is 0 Å². The van der Waals surface area contributed by atoms with Crippen LogP contribution in [0.15, 0.2) is 12.4 Å². The second-order valence-electron chi connectivity index (χ2n) is 8.32. The Hall–Kier alpha value is -0.660. The summed E-state index contributed by atoms with van der Waals surface area (Å²) in [6.45, 7) is 11.8. The SMILES string of the molecule is CCCCCCCCCCN1C=CN(CCCCCCC)C1C(C)C. The van der Waals surface area contributed by atoms with Crippen LogP contribution in [0.5, 0.6) is 0 Å².